The van der Waals surface area contributed by atoms with Gasteiger partial charge in [-0.3, -0.25) is 0 Å². The molecule has 1 aliphatic carbocycles. The number of nitrogens with zero attached hydrogens (tertiary/aromatic N) is 1. The maximum Gasteiger partial charge on any atom is 0.242 e. The van der Waals surface area contributed by atoms with Crippen LogP contribution >= 0.6 is 0 Å². The first kappa shape index (κ1) is 13.5. The van der Waals surface area contributed by atoms with Gasteiger partial charge < -0.3 is 10.1 Å². The molecule has 2 atom stereocenters. The maximum absolute atomic E-state index is 12.3. The Bertz CT molecular complexity index is 710. The highest BCUT2D eigenvalue weighted by Crippen LogP contribution is 2.26. The molecule has 108 valence electrons. The van der Waals surface area contributed by atoms with Crippen LogP contribution < -0.4 is 4.72 Å². The first-order valence-electron chi connectivity index (χ1n) is 6.66. The van der Waals surface area contributed by atoms with E-state index >= 15 is 0 Å². The molecule has 3 rings (SSSR count). The summed E-state index contributed by atoms with van der Waals surface area (Å²) in [6.07, 6.45) is 5.06. The molecule has 0 saturated heterocycles. The number of sulfonamides is 1. The first-order chi connectivity index (χ1) is 9.56. The molecule has 0 aliphatic heterocycles. The van der Waals surface area contributed by atoms with E-state index in [0.29, 0.717) is 24.0 Å². The van der Waals surface area contributed by atoms with Crippen LogP contribution in [0.1, 0.15) is 19.3 Å². The summed E-state index contributed by atoms with van der Waals surface area (Å²) < 4.78 is 27.3. The van der Waals surface area contributed by atoms with Crippen molar-refractivity contribution >= 4 is 21.1 Å². The van der Waals surface area contributed by atoms with Gasteiger partial charge in [0, 0.05) is 24.3 Å². The minimum absolute atomic E-state index is 0.211. The summed E-state index contributed by atoms with van der Waals surface area (Å²) >= 11 is 0. The molecule has 0 radical (unpaired) electrons. The van der Waals surface area contributed by atoms with E-state index in [0.717, 1.165) is 12.8 Å². The maximum atomic E-state index is 12.3. The molecule has 1 aliphatic rings. The molecule has 7 heteroatoms. The Balaban J connectivity index is 1.78. The van der Waals surface area contributed by atoms with E-state index < -0.39 is 10.0 Å². The molecule has 6 nitrogen and oxygen atoms in total. The van der Waals surface area contributed by atoms with Gasteiger partial charge in [-0.05, 0) is 37.3 Å². The number of nitrogens with one attached hydrogen (secondary N) is 2. The quantitative estimate of drug-likeness (QED) is 0.784. The van der Waals surface area contributed by atoms with Gasteiger partial charge in [0.05, 0.1) is 6.10 Å². The van der Waals surface area contributed by atoms with Crippen molar-refractivity contribution in [3.05, 3.63) is 24.5 Å². The van der Waals surface area contributed by atoms with Gasteiger partial charge in [0.15, 0.2) is 0 Å². The number of fused-ring (bicyclic) bond motifs is 1. The van der Waals surface area contributed by atoms with E-state index in [-0.39, 0.29) is 16.9 Å². The van der Waals surface area contributed by atoms with Crippen LogP contribution in [-0.4, -0.2) is 36.1 Å². The molecule has 2 heterocycles. The number of hydrogen-bond donors (Lipinski definition) is 3. The second-order valence-corrected chi connectivity index (χ2v) is 6.97. The van der Waals surface area contributed by atoms with Gasteiger partial charge in [-0.2, -0.15) is 0 Å². The number of H-pyrrole nitrogens is 1. The highest BCUT2D eigenvalue weighted by molar-refractivity contribution is 7.89. The van der Waals surface area contributed by atoms with Crippen molar-refractivity contribution in [1.29, 1.82) is 0 Å². The van der Waals surface area contributed by atoms with Gasteiger partial charge in [-0.25, -0.2) is 18.1 Å². The summed E-state index contributed by atoms with van der Waals surface area (Å²) in [5.74, 6) is 0.211. The van der Waals surface area contributed by atoms with E-state index in [4.69, 9.17) is 0 Å². The van der Waals surface area contributed by atoms with Gasteiger partial charge in [-0.1, -0.05) is 0 Å². The van der Waals surface area contributed by atoms with Crippen LogP contribution in [0.2, 0.25) is 0 Å². The van der Waals surface area contributed by atoms with Gasteiger partial charge in [0.1, 0.15) is 10.5 Å². The molecule has 0 amide bonds. The van der Waals surface area contributed by atoms with Gasteiger partial charge in [0.25, 0.3) is 0 Å². The lowest BCUT2D eigenvalue weighted by molar-refractivity contribution is 0.178. The zero-order chi connectivity index (χ0) is 14.2. The number of aliphatic hydroxyl groups is 1. The minimum Gasteiger partial charge on any atom is -0.393 e. The molecule has 2 aromatic rings. The molecular weight excluding hydrogens is 278 g/mol. The Morgan fingerprint density at radius 3 is 3.05 bits per heavy atom. The van der Waals surface area contributed by atoms with E-state index in [1.165, 1.54) is 6.20 Å². The standard InChI is InChI=1S/C13H17N3O3S/c17-10-4-3-9(6-10)7-16-20(18,19)12-8-15-13-11(12)2-1-5-14-13/h1-2,5,8-10,16-17H,3-4,6-7H2,(H,14,15). The van der Waals surface area contributed by atoms with Crippen LogP contribution in [0.3, 0.4) is 0 Å². The predicted octanol–water partition coefficient (Wildman–Crippen LogP) is 1.00. The third-order valence-electron chi connectivity index (χ3n) is 3.78. The largest absolute Gasteiger partial charge is 0.393 e. The highest BCUT2D eigenvalue weighted by atomic mass is 32.2. The lowest BCUT2D eigenvalue weighted by atomic mass is 10.1. The third-order valence-corrected chi connectivity index (χ3v) is 5.24. The fraction of sp³-hybridized carbons (Fsp3) is 0.462. The van der Waals surface area contributed by atoms with Crippen LogP contribution in [0.4, 0.5) is 0 Å². The molecule has 3 N–H and O–H groups in total. The van der Waals surface area contributed by atoms with Crippen molar-refractivity contribution in [1.82, 2.24) is 14.7 Å². The molecule has 0 bridgehead atoms. The normalized spacial score (nSPS) is 23.4. The predicted molar refractivity (Wildman–Crippen MR) is 74.6 cm³/mol. The van der Waals surface area contributed by atoms with Gasteiger partial charge >= 0.3 is 0 Å². The molecule has 1 fully saturated rings. The molecule has 2 unspecified atom stereocenters. The fourth-order valence-electron chi connectivity index (χ4n) is 2.69. The van der Waals surface area contributed by atoms with E-state index in [1.54, 1.807) is 18.3 Å². The molecular formula is C13H17N3O3S. The van der Waals surface area contributed by atoms with Crippen LogP contribution in [0.15, 0.2) is 29.4 Å². The van der Waals surface area contributed by atoms with E-state index in [1.807, 2.05) is 0 Å². The number of rotatable bonds is 4. The Labute approximate surface area is 117 Å². The SMILES string of the molecule is O=S(=O)(NCC1CCC(O)C1)c1c[nH]c2ncccc12. The number of pyridine rings is 1. The molecule has 2 aromatic heterocycles. The molecule has 0 aromatic carbocycles. The summed E-state index contributed by atoms with van der Waals surface area (Å²) in [5, 5.41) is 10.1. The lowest BCUT2D eigenvalue weighted by Crippen LogP contribution is -2.28. The molecule has 1 saturated carbocycles. The van der Waals surface area contributed by atoms with Gasteiger partial charge in [0.2, 0.25) is 10.0 Å². The van der Waals surface area contributed by atoms with Crippen LogP contribution in [-0.2, 0) is 10.0 Å². The first-order valence-corrected chi connectivity index (χ1v) is 8.14. The van der Waals surface area contributed by atoms with Crippen molar-refractivity contribution in [2.24, 2.45) is 5.92 Å². The molecule has 20 heavy (non-hydrogen) atoms. The Hall–Kier alpha value is -1.44. The van der Waals surface area contributed by atoms with E-state index in [2.05, 4.69) is 14.7 Å². The average molecular weight is 295 g/mol. The van der Waals surface area contributed by atoms with Gasteiger partial charge in [-0.15, -0.1) is 0 Å². The number of aliphatic hydroxyl groups excluding tert-OH is 1. The Morgan fingerprint density at radius 1 is 1.45 bits per heavy atom. The second-order valence-electron chi connectivity index (χ2n) is 5.24. The monoisotopic (exact) mass is 295 g/mol. The summed E-state index contributed by atoms with van der Waals surface area (Å²) in [7, 11) is -3.55. The number of aromatic nitrogens is 2. The Kier molecular flexibility index (Phi) is 3.49. The van der Waals surface area contributed by atoms with Crippen molar-refractivity contribution in [2.45, 2.75) is 30.3 Å². The second kappa shape index (κ2) is 5.16. The minimum atomic E-state index is -3.55. The van der Waals surface area contributed by atoms with Crippen molar-refractivity contribution in [2.75, 3.05) is 6.54 Å². The van der Waals surface area contributed by atoms with Crippen LogP contribution in [0, 0.1) is 5.92 Å². The zero-order valence-corrected chi connectivity index (χ0v) is 11.7. The van der Waals surface area contributed by atoms with Crippen molar-refractivity contribution in [3.8, 4) is 0 Å². The highest BCUT2D eigenvalue weighted by Gasteiger charge is 2.25. The third kappa shape index (κ3) is 2.56. The molecule has 0 spiro atoms. The number of hydrogen-bond acceptors (Lipinski definition) is 4. The van der Waals surface area contributed by atoms with Crippen molar-refractivity contribution < 1.29 is 13.5 Å². The average Bonchev–Trinajstić information content (AvgIpc) is 3.03. The summed E-state index contributed by atoms with van der Waals surface area (Å²) in [4.78, 5) is 7.16. The van der Waals surface area contributed by atoms with Crippen LogP contribution in [0.25, 0.3) is 11.0 Å². The zero-order valence-electron chi connectivity index (χ0n) is 10.9. The van der Waals surface area contributed by atoms with E-state index in [9.17, 15) is 13.5 Å². The summed E-state index contributed by atoms with van der Waals surface area (Å²) in [5.41, 5.74) is 0.559. The fourth-order valence-corrected chi connectivity index (χ4v) is 3.97. The summed E-state index contributed by atoms with van der Waals surface area (Å²) in [6, 6.07) is 3.44. The summed E-state index contributed by atoms with van der Waals surface area (Å²) in [6.45, 7) is 0.367. The number of aromatic amines is 1. The van der Waals surface area contributed by atoms with Crippen molar-refractivity contribution in [3.63, 3.8) is 0 Å². The topological polar surface area (TPSA) is 95.1 Å². The Morgan fingerprint density at radius 2 is 2.30 bits per heavy atom. The van der Waals surface area contributed by atoms with Crippen LogP contribution in [0.5, 0.6) is 0 Å². The smallest absolute Gasteiger partial charge is 0.242 e. The lowest BCUT2D eigenvalue weighted by Gasteiger charge is -2.10.